The molecule has 0 aromatic heterocycles. The van der Waals surface area contributed by atoms with Gasteiger partial charge in [0.15, 0.2) is 0 Å². The van der Waals surface area contributed by atoms with E-state index in [2.05, 4.69) is 32.6 Å². The van der Waals surface area contributed by atoms with Crippen molar-refractivity contribution in [2.24, 2.45) is 5.92 Å². The minimum absolute atomic E-state index is 0.771. The molecule has 0 atom stereocenters. The van der Waals surface area contributed by atoms with Crippen molar-refractivity contribution in [2.75, 3.05) is 0 Å². The Labute approximate surface area is 102 Å². The van der Waals surface area contributed by atoms with Gasteiger partial charge in [-0.1, -0.05) is 50.0 Å². The van der Waals surface area contributed by atoms with Crippen molar-refractivity contribution in [1.29, 1.82) is 0 Å². The first-order chi connectivity index (χ1) is 7.75. The summed E-state index contributed by atoms with van der Waals surface area (Å²) >= 11 is 0. The second-order valence-electron chi connectivity index (χ2n) is 5.15. The second-order valence-corrected chi connectivity index (χ2v) is 5.15. The molecule has 0 unspecified atom stereocenters. The summed E-state index contributed by atoms with van der Waals surface area (Å²) in [5.41, 5.74) is 2.90. The fourth-order valence-corrected chi connectivity index (χ4v) is 2.45. The summed E-state index contributed by atoms with van der Waals surface area (Å²) in [6, 6.07) is 0. The standard InChI is InChI=1S/C16H26/c1-4-5-6-10-13-16(14(2)3)15-11-8-7-9-12-15/h15H,4-9,11-12H2,1-3H3. The largest absolute Gasteiger partial charge is 0.0982 e. The molecule has 1 fully saturated rings. The summed E-state index contributed by atoms with van der Waals surface area (Å²) in [7, 11) is 0. The maximum atomic E-state index is 3.45. The van der Waals surface area contributed by atoms with Gasteiger partial charge in [-0.15, -0.1) is 0 Å². The number of hydrogen-bond acceptors (Lipinski definition) is 0. The van der Waals surface area contributed by atoms with Crippen LogP contribution in [-0.2, 0) is 0 Å². The van der Waals surface area contributed by atoms with Gasteiger partial charge in [-0.25, -0.2) is 0 Å². The molecule has 1 aliphatic rings. The molecule has 0 heteroatoms. The van der Waals surface area contributed by atoms with E-state index in [4.69, 9.17) is 0 Å². The van der Waals surface area contributed by atoms with Crippen LogP contribution in [0.4, 0.5) is 0 Å². The summed E-state index contributed by atoms with van der Waals surface area (Å²) in [6.45, 7) is 6.67. The first-order valence-electron chi connectivity index (χ1n) is 6.92. The lowest BCUT2D eigenvalue weighted by atomic mass is 9.82. The highest BCUT2D eigenvalue weighted by Crippen LogP contribution is 2.30. The number of rotatable bonds is 3. The molecule has 0 aromatic rings. The molecule has 1 saturated carbocycles. The van der Waals surface area contributed by atoms with Crippen LogP contribution in [0.25, 0.3) is 0 Å². The third-order valence-electron chi connectivity index (χ3n) is 3.43. The highest BCUT2D eigenvalue weighted by molar-refractivity contribution is 5.34. The molecule has 1 rings (SSSR count). The topological polar surface area (TPSA) is 0 Å². The predicted molar refractivity (Wildman–Crippen MR) is 72.3 cm³/mol. The monoisotopic (exact) mass is 218 g/mol. The maximum Gasteiger partial charge on any atom is 0.00922 e. The van der Waals surface area contributed by atoms with Crippen molar-refractivity contribution in [3.05, 3.63) is 11.1 Å². The molecular formula is C16H26. The summed E-state index contributed by atoms with van der Waals surface area (Å²) in [5.74, 6) is 7.58. The summed E-state index contributed by atoms with van der Waals surface area (Å²) in [5, 5.41) is 0. The van der Waals surface area contributed by atoms with Gasteiger partial charge >= 0.3 is 0 Å². The molecule has 0 spiro atoms. The van der Waals surface area contributed by atoms with E-state index >= 15 is 0 Å². The maximum absolute atomic E-state index is 3.45. The van der Waals surface area contributed by atoms with Gasteiger partial charge in [0, 0.05) is 12.0 Å². The zero-order chi connectivity index (χ0) is 11.8. The van der Waals surface area contributed by atoms with E-state index in [1.54, 1.807) is 0 Å². The van der Waals surface area contributed by atoms with Crippen LogP contribution in [0.15, 0.2) is 11.1 Å². The Bertz CT molecular complexity index is 275. The quantitative estimate of drug-likeness (QED) is 0.457. The van der Waals surface area contributed by atoms with Crippen LogP contribution in [0.1, 0.15) is 72.1 Å². The fourth-order valence-electron chi connectivity index (χ4n) is 2.45. The zero-order valence-electron chi connectivity index (χ0n) is 11.2. The Morgan fingerprint density at radius 1 is 1.12 bits per heavy atom. The highest BCUT2D eigenvalue weighted by Gasteiger charge is 2.17. The van der Waals surface area contributed by atoms with Crippen LogP contribution in [0, 0.1) is 17.8 Å². The summed E-state index contributed by atoms with van der Waals surface area (Å²) in [6.07, 6.45) is 10.5. The normalized spacial score (nSPS) is 16.4. The van der Waals surface area contributed by atoms with Crippen molar-refractivity contribution in [3.63, 3.8) is 0 Å². The Balaban J connectivity index is 2.59. The van der Waals surface area contributed by atoms with Crippen molar-refractivity contribution in [2.45, 2.75) is 72.1 Å². The number of unbranched alkanes of at least 4 members (excludes halogenated alkanes) is 2. The molecule has 0 aromatic carbocycles. The first-order valence-corrected chi connectivity index (χ1v) is 6.92. The van der Waals surface area contributed by atoms with E-state index in [0.29, 0.717) is 0 Å². The fraction of sp³-hybridized carbons (Fsp3) is 0.750. The van der Waals surface area contributed by atoms with Crippen LogP contribution in [0.3, 0.4) is 0 Å². The third-order valence-corrected chi connectivity index (χ3v) is 3.43. The van der Waals surface area contributed by atoms with Crippen LogP contribution in [-0.4, -0.2) is 0 Å². The van der Waals surface area contributed by atoms with Crippen LogP contribution >= 0.6 is 0 Å². The Kier molecular flexibility index (Phi) is 6.31. The van der Waals surface area contributed by atoms with Gasteiger partial charge in [-0.05, 0) is 39.0 Å². The molecule has 0 amide bonds. The van der Waals surface area contributed by atoms with E-state index in [1.165, 1.54) is 56.1 Å². The van der Waals surface area contributed by atoms with Crippen LogP contribution in [0.5, 0.6) is 0 Å². The van der Waals surface area contributed by atoms with Crippen molar-refractivity contribution >= 4 is 0 Å². The molecule has 0 aliphatic heterocycles. The molecule has 0 nitrogen and oxygen atoms in total. The van der Waals surface area contributed by atoms with Gasteiger partial charge in [-0.2, -0.15) is 0 Å². The average Bonchev–Trinajstić information content (AvgIpc) is 2.30. The van der Waals surface area contributed by atoms with Gasteiger partial charge in [0.05, 0.1) is 0 Å². The molecular weight excluding hydrogens is 192 g/mol. The van der Waals surface area contributed by atoms with E-state index in [-0.39, 0.29) is 0 Å². The Morgan fingerprint density at radius 3 is 2.38 bits per heavy atom. The lowest BCUT2D eigenvalue weighted by molar-refractivity contribution is 0.408. The second kappa shape index (κ2) is 7.55. The highest BCUT2D eigenvalue weighted by atomic mass is 14.2. The molecule has 1 aliphatic carbocycles. The molecule has 0 heterocycles. The number of allylic oxidation sites excluding steroid dienone is 2. The van der Waals surface area contributed by atoms with E-state index in [9.17, 15) is 0 Å². The lowest BCUT2D eigenvalue weighted by Crippen LogP contribution is -2.09. The Morgan fingerprint density at radius 2 is 1.81 bits per heavy atom. The van der Waals surface area contributed by atoms with Gasteiger partial charge in [0.1, 0.15) is 0 Å². The SMILES string of the molecule is CCCCC#CC(=C(C)C)C1CCCCC1. The zero-order valence-corrected chi connectivity index (χ0v) is 11.2. The number of hydrogen-bond donors (Lipinski definition) is 0. The smallest absolute Gasteiger partial charge is 0.00922 e. The van der Waals surface area contributed by atoms with Crippen molar-refractivity contribution in [1.82, 2.24) is 0 Å². The van der Waals surface area contributed by atoms with E-state index in [1.807, 2.05) is 0 Å². The Hall–Kier alpha value is -0.700. The molecule has 16 heavy (non-hydrogen) atoms. The van der Waals surface area contributed by atoms with Crippen molar-refractivity contribution in [3.8, 4) is 11.8 Å². The van der Waals surface area contributed by atoms with Gasteiger partial charge < -0.3 is 0 Å². The minimum atomic E-state index is 0.771. The third kappa shape index (κ3) is 4.44. The first kappa shape index (κ1) is 13.4. The van der Waals surface area contributed by atoms with Crippen molar-refractivity contribution < 1.29 is 0 Å². The minimum Gasteiger partial charge on any atom is -0.0982 e. The molecule has 0 N–H and O–H groups in total. The summed E-state index contributed by atoms with van der Waals surface area (Å²) in [4.78, 5) is 0. The average molecular weight is 218 g/mol. The molecule has 0 radical (unpaired) electrons. The van der Waals surface area contributed by atoms with Gasteiger partial charge in [0.2, 0.25) is 0 Å². The lowest BCUT2D eigenvalue weighted by Gasteiger charge is -2.22. The predicted octanol–water partition coefficient (Wildman–Crippen LogP) is 5.10. The van der Waals surface area contributed by atoms with Gasteiger partial charge in [0.25, 0.3) is 0 Å². The van der Waals surface area contributed by atoms with Gasteiger partial charge in [-0.3, -0.25) is 0 Å². The van der Waals surface area contributed by atoms with E-state index < -0.39 is 0 Å². The van der Waals surface area contributed by atoms with E-state index in [0.717, 1.165) is 12.3 Å². The molecule has 0 bridgehead atoms. The molecule has 0 saturated heterocycles. The molecule has 90 valence electrons. The van der Waals surface area contributed by atoms with Crippen LogP contribution in [0.2, 0.25) is 0 Å². The van der Waals surface area contributed by atoms with Crippen LogP contribution < -0.4 is 0 Å². The summed E-state index contributed by atoms with van der Waals surface area (Å²) < 4.78 is 0.